The summed E-state index contributed by atoms with van der Waals surface area (Å²) in [5, 5.41) is 6.94. The zero-order valence-electron chi connectivity index (χ0n) is 5.15. The summed E-state index contributed by atoms with van der Waals surface area (Å²) in [6.45, 7) is 2.00. The molecule has 1 heteroatoms. The standard InChI is InChI=1S/C7H11N/c1-2-6(5-8)7-3-4-7/h2,5,7-8H,3-4H2,1H3/b6-2+,8-5?. The van der Waals surface area contributed by atoms with Gasteiger partial charge in [0.05, 0.1) is 0 Å². The molecular formula is C7H11N. The molecule has 0 bridgehead atoms. The molecule has 8 heavy (non-hydrogen) atoms. The molecule has 0 heterocycles. The van der Waals surface area contributed by atoms with Gasteiger partial charge >= 0.3 is 0 Å². The van der Waals surface area contributed by atoms with Gasteiger partial charge in [-0.25, -0.2) is 0 Å². The van der Waals surface area contributed by atoms with Gasteiger partial charge in [0.25, 0.3) is 0 Å². The van der Waals surface area contributed by atoms with Crippen molar-refractivity contribution < 1.29 is 0 Å². The van der Waals surface area contributed by atoms with Crippen LogP contribution in [-0.2, 0) is 0 Å². The number of hydrogen-bond donors (Lipinski definition) is 1. The van der Waals surface area contributed by atoms with Gasteiger partial charge in [-0.15, -0.1) is 0 Å². The first kappa shape index (κ1) is 5.54. The van der Waals surface area contributed by atoms with Gasteiger partial charge in [-0.05, 0) is 31.3 Å². The zero-order valence-corrected chi connectivity index (χ0v) is 5.15. The van der Waals surface area contributed by atoms with E-state index in [0.717, 1.165) is 5.92 Å². The number of rotatable bonds is 2. The molecule has 1 N–H and O–H groups in total. The van der Waals surface area contributed by atoms with Crippen molar-refractivity contribution in [3.8, 4) is 0 Å². The highest BCUT2D eigenvalue weighted by molar-refractivity contribution is 5.76. The average Bonchev–Trinajstić information content (AvgIpc) is 2.53. The number of allylic oxidation sites excluding steroid dienone is 2. The van der Waals surface area contributed by atoms with Gasteiger partial charge in [-0.1, -0.05) is 6.08 Å². The van der Waals surface area contributed by atoms with Crippen LogP contribution in [-0.4, -0.2) is 6.21 Å². The third-order valence-electron chi connectivity index (χ3n) is 1.55. The fourth-order valence-electron chi connectivity index (χ4n) is 0.854. The first-order valence-corrected chi connectivity index (χ1v) is 3.05. The van der Waals surface area contributed by atoms with Crippen molar-refractivity contribution in [2.24, 2.45) is 5.92 Å². The minimum absolute atomic E-state index is 0.748. The molecule has 0 amide bonds. The van der Waals surface area contributed by atoms with Crippen molar-refractivity contribution in [2.45, 2.75) is 19.8 Å². The van der Waals surface area contributed by atoms with E-state index in [4.69, 9.17) is 5.41 Å². The highest BCUT2D eigenvalue weighted by Gasteiger charge is 2.23. The minimum atomic E-state index is 0.748. The zero-order chi connectivity index (χ0) is 5.98. The SMILES string of the molecule is C/C=C(\C=N)C1CC1. The van der Waals surface area contributed by atoms with Crippen LogP contribution in [0.15, 0.2) is 11.6 Å². The van der Waals surface area contributed by atoms with Crippen molar-refractivity contribution >= 4 is 6.21 Å². The lowest BCUT2D eigenvalue weighted by molar-refractivity contribution is 1.07. The van der Waals surface area contributed by atoms with E-state index in [1.165, 1.54) is 24.6 Å². The number of nitrogens with one attached hydrogen (secondary N) is 1. The largest absolute Gasteiger partial charge is 0.308 e. The maximum atomic E-state index is 6.94. The Hall–Kier alpha value is -0.590. The van der Waals surface area contributed by atoms with Crippen LogP contribution < -0.4 is 0 Å². The summed E-state index contributed by atoms with van der Waals surface area (Å²) >= 11 is 0. The van der Waals surface area contributed by atoms with Crippen molar-refractivity contribution in [3.63, 3.8) is 0 Å². The summed E-state index contributed by atoms with van der Waals surface area (Å²) in [7, 11) is 0. The van der Waals surface area contributed by atoms with Gasteiger partial charge in [0, 0.05) is 6.21 Å². The monoisotopic (exact) mass is 109 g/mol. The Morgan fingerprint density at radius 3 is 2.38 bits per heavy atom. The highest BCUT2D eigenvalue weighted by Crippen LogP contribution is 2.35. The molecule has 1 fully saturated rings. The maximum Gasteiger partial charge on any atom is 0.0209 e. The van der Waals surface area contributed by atoms with E-state index in [9.17, 15) is 0 Å². The lowest BCUT2D eigenvalue weighted by Gasteiger charge is -1.90. The molecule has 0 unspecified atom stereocenters. The van der Waals surface area contributed by atoms with E-state index < -0.39 is 0 Å². The molecule has 0 spiro atoms. The molecule has 0 aromatic carbocycles. The minimum Gasteiger partial charge on any atom is -0.308 e. The predicted molar refractivity (Wildman–Crippen MR) is 35.3 cm³/mol. The van der Waals surface area contributed by atoms with E-state index in [-0.39, 0.29) is 0 Å². The third kappa shape index (κ3) is 0.971. The summed E-state index contributed by atoms with van der Waals surface area (Å²) in [6, 6.07) is 0. The van der Waals surface area contributed by atoms with Crippen molar-refractivity contribution in [1.82, 2.24) is 0 Å². The molecule has 1 saturated carbocycles. The Bertz CT molecular complexity index is 120. The van der Waals surface area contributed by atoms with Gasteiger partial charge in [0.2, 0.25) is 0 Å². The quantitative estimate of drug-likeness (QED) is 0.524. The van der Waals surface area contributed by atoms with Gasteiger partial charge in [0.1, 0.15) is 0 Å². The Kier molecular flexibility index (Phi) is 1.47. The van der Waals surface area contributed by atoms with Crippen molar-refractivity contribution in [1.29, 1.82) is 5.41 Å². The van der Waals surface area contributed by atoms with Crippen LogP contribution in [0.5, 0.6) is 0 Å². The van der Waals surface area contributed by atoms with Crippen LogP contribution in [0.2, 0.25) is 0 Å². The Labute approximate surface area is 49.9 Å². The van der Waals surface area contributed by atoms with E-state index in [0.29, 0.717) is 0 Å². The molecule has 0 atom stereocenters. The number of hydrogen-bond acceptors (Lipinski definition) is 1. The normalized spacial score (nSPS) is 20.9. The van der Waals surface area contributed by atoms with E-state index in [2.05, 4.69) is 0 Å². The Morgan fingerprint density at radius 1 is 1.62 bits per heavy atom. The van der Waals surface area contributed by atoms with Crippen molar-refractivity contribution in [3.05, 3.63) is 11.6 Å². The first-order valence-electron chi connectivity index (χ1n) is 3.05. The van der Waals surface area contributed by atoms with Gasteiger partial charge in [-0.2, -0.15) is 0 Å². The van der Waals surface area contributed by atoms with Crippen LogP contribution in [0.1, 0.15) is 19.8 Å². The van der Waals surface area contributed by atoms with Gasteiger partial charge in [0.15, 0.2) is 0 Å². The molecule has 0 aliphatic heterocycles. The molecular weight excluding hydrogens is 98.1 g/mol. The molecule has 0 aromatic heterocycles. The fraction of sp³-hybridized carbons (Fsp3) is 0.571. The lowest BCUT2D eigenvalue weighted by atomic mass is 10.2. The Morgan fingerprint density at radius 2 is 2.25 bits per heavy atom. The van der Waals surface area contributed by atoms with E-state index >= 15 is 0 Å². The molecule has 1 aliphatic carbocycles. The molecule has 44 valence electrons. The summed E-state index contributed by atoms with van der Waals surface area (Å²) in [4.78, 5) is 0. The van der Waals surface area contributed by atoms with Crippen LogP contribution in [0.3, 0.4) is 0 Å². The van der Waals surface area contributed by atoms with Gasteiger partial charge in [-0.3, -0.25) is 0 Å². The molecule has 0 radical (unpaired) electrons. The summed E-state index contributed by atoms with van der Waals surface area (Å²) in [5.74, 6) is 0.748. The fourth-order valence-corrected chi connectivity index (χ4v) is 0.854. The van der Waals surface area contributed by atoms with Crippen molar-refractivity contribution in [2.75, 3.05) is 0 Å². The second-order valence-corrected chi connectivity index (χ2v) is 2.21. The molecule has 1 aliphatic rings. The van der Waals surface area contributed by atoms with Crippen LogP contribution >= 0.6 is 0 Å². The van der Waals surface area contributed by atoms with E-state index in [1.807, 2.05) is 13.0 Å². The average molecular weight is 109 g/mol. The highest BCUT2D eigenvalue weighted by atomic mass is 14.4. The second kappa shape index (κ2) is 2.12. The van der Waals surface area contributed by atoms with Crippen LogP contribution in [0.4, 0.5) is 0 Å². The van der Waals surface area contributed by atoms with Crippen LogP contribution in [0.25, 0.3) is 0 Å². The van der Waals surface area contributed by atoms with Crippen LogP contribution in [0, 0.1) is 11.3 Å². The third-order valence-corrected chi connectivity index (χ3v) is 1.55. The second-order valence-electron chi connectivity index (χ2n) is 2.21. The molecule has 0 saturated heterocycles. The molecule has 1 nitrogen and oxygen atoms in total. The summed E-state index contributed by atoms with van der Waals surface area (Å²) in [5.41, 5.74) is 1.21. The van der Waals surface area contributed by atoms with E-state index in [1.54, 1.807) is 0 Å². The molecule has 1 rings (SSSR count). The Balaban J connectivity index is 2.49. The maximum absolute atomic E-state index is 6.94. The predicted octanol–water partition coefficient (Wildman–Crippen LogP) is 1.99. The summed E-state index contributed by atoms with van der Waals surface area (Å²) < 4.78 is 0. The smallest absolute Gasteiger partial charge is 0.0209 e. The summed E-state index contributed by atoms with van der Waals surface area (Å²) in [6.07, 6.45) is 6.10. The van der Waals surface area contributed by atoms with Gasteiger partial charge < -0.3 is 5.41 Å². The molecule has 0 aromatic rings. The lowest BCUT2D eigenvalue weighted by Crippen LogP contribution is -1.83. The first-order chi connectivity index (χ1) is 3.88. The topological polar surface area (TPSA) is 23.9 Å².